The summed E-state index contributed by atoms with van der Waals surface area (Å²) in [7, 11) is -3.53. The minimum absolute atomic E-state index is 0.167. The number of thiophene rings is 1. The van der Waals surface area contributed by atoms with Crippen LogP contribution in [0.2, 0.25) is 0 Å². The number of aromatic nitrogens is 1. The summed E-state index contributed by atoms with van der Waals surface area (Å²) in [5, 5.41) is 5.21. The first kappa shape index (κ1) is 20.5. The third-order valence-electron chi connectivity index (χ3n) is 5.15. The maximum Gasteiger partial charge on any atom is 0.252 e. The molecule has 1 saturated heterocycles. The van der Waals surface area contributed by atoms with Gasteiger partial charge >= 0.3 is 0 Å². The molecule has 2 aromatic heterocycles. The van der Waals surface area contributed by atoms with Crippen molar-refractivity contribution in [2.45, 2.75) is 36.8 Å². The van der Waals surface area contributed by atoms with Crippen LogP contribution in [-0.2, 0) is 14.8 Å². The molecule has 1 amide bonds. The Hall–Kier alpha value is -1.81. The van der Waals surface area contributed by atoms with E-state index in [0.717, 1.165) is 10.2 Å². The van der Waals surface area contributed by atoms with Gasteiger partial charge in [-0.2, -0.15) is 4.31 Å². The van der Waals surface area contributed by atoms with E-state index in [-0.39, 0.29) is 18.4 Å². The van der Waals surface area contributed by atoms with Crippen LogP contribution in [0.1, 0.15) is 38.2 Å². The van der Waals surface area contributed by atoms with Gasteiger partial charge in [0.1, 0.15) is 4.21 Å². The van der Waals surface area contributed by atoms with Crippen molar-refractivity contribution in [1.29, 1.82) is 0 Å². The number of piperidine rings is 1. The van der Waals surface area contributed by atoms with E-state index in [2.05, 4.69) is 36.3 Å². The molecule has 0 saturated carbocycles. The Kier molecular flexibility index (Phi) is 5.74. The zero-order valence-electron chi connectivity index (χ0n) is 16.3. The lowest BCUT2D eigenvalue weighted by molar-refractivity contribution is -0.120. The van der Waals surface area contributed by atoms with Crippen LogP contribution in [0.25, 0.3) is 10.2 Å². The number of hydrogen-bond acceptors (Lipinski definition) is 6. The van der Waals surface area contributed by atoms with E-state index < -0.39 is 10.0 Å². The zero-order valence-corrected chi connectivity index (χ0v) is 18.7. The Bertz CT molecular complexity index is 1120. The molecule has 1 atom stereocenters. The van der Waals surface area contributed by atoms with Crippen molar-refractivity contribution in [2.75, 3.05) is 18.4 Å². The highest BCUT2D eigenvalue weighted by Crippen LogP contribution is 2.31. The molecule has 154 valence electrons. The second-order valence-electron chi connectivity index (χ2n) is 7.52. The van der Waals surface area contributed by atoms with Gasteiger partial charge in [-0.1, -0.05) is 37.3 Å². The minimum Gasteiger partial charge on any atom is -0.302 e. The van der Waals surface area contributed by atoms with Crippen molar-refractivity contribution in [1.82, 2.24) is 9.29 Å². The monoisotopic (exact) mass is 449 g/mol. The fourth-order valence-corrected chi connectivity index (χ4v) is 7.06. The number of hydrogen-bond donors (Lipinski definition) is 1. The van der Waals surface area contributed by atoms with Gasteiger partial charge in [0.15, 0.2) is 5.13 Å². The number of nitrogens with zero attached hydrogens (tertiary/aromatic N) is 2. The lowest BCUT2D eigenvalue weighted by atomic mass is 9.99. The Morgan fingerprint density at radius 3 is 2.86 bits per heavy atom. The number of amides is 1. The van der Waals surface area contributed by atoms with Crippen LogP contribution in [0.5, 0.6) is 0 Å². The Labute approximate surface area is 178 Å². The van der Waals surface area contributed by atoms with Crippen LogP contribution in [0.3, 0.4) is 0 Å². The van der Waals surface area contributed by atoms with Gasteiger partial charge in [0, 0.05) is 13.1 Å². The molecule has 1 aliphatic rings. The number of carbonyl (C=O) groups is 1. The summed E-state index contributed by atoms with van der Waals surface area (Å²) >= 11 is 2.65. The molecule has 1 N–H and O–H groups in total. The largest absolute Gasteiger partial charge is 0.302 e. The van der Waals surface area contributed by atoms with Crippen molar-refractivity contribution >= 4 is 54.0 Å². The molecule has 9 heteroatoms. The van der Waals surface area contributed by atoms with Crippen molar-refractivity contribution in [2.24, 2.45) is 5.92 Å². The Balaban J connectivity index is 1.47. The summed E-state index contributed by atoms with van der Waals surface area (Å²) in [4.78, 5) is 17.3. The molecule has 3 heterocycles. The van der Waals surface area contributed by atoms with Gasteiger partial charge < -0.3 is 5.32 Å². The molecule has 1 aliphatic heterocycles. The maximum absolute atomic E-state index is 12.8. The molecule has 4 rings (SSSR count). The summed E-state index contributed by atoms with van der Waals surface area (Å²) in [6, 6.07) is 9.49. The molecule has 3 aromatic rings. The van der Waals surface area contributed by atoms with Gasteiger partial charge in [0.25, 0.3) is 10.0 Å². The fourth-order valence-electron chi connectivity index (χ4n) is 3.47. The number of thiazole rings is 1. The third-order valence-corrected chi connectivity index (χ3v) is 9.33. The zero-order chi connectivity index (χ0) is 20.6. The van der Waals surface area contributed by atoms with Gasteiger partial charge in [-0.3, -0.25) is 4.79 Å². The van der Waals surface area contributed by atoms with E-state index in [1.807, 2.05) is 6.07 Å². The summed E-state index contributed by atoms with van der Waals surface area (Å²) in [5.41, 5.74) is 2.10. The van der Waals surface area contributed by atoms with E-state index in [1.165, 1.54) is 32.5 Å². The molecule has 1 aromatic carbocycles. The predicted molar refractivity (Wildman–Crippen MR) is 118 cm³/mol. The van der Waals surface area contributed by atoms with E-state index in [4.69, 9.17) is 0 Å². The second-order valence-corrected chi connectivity index (χ2v) is 11.7. The normalized spacial score (nSPS) is 18.4. The van der Waals surface area contributed by atoms with Crippen molar-refractivity contribution in [3.63, 3.8) is 0 Å². The number of anilines is 1. The Morgan fingerprint density at radius 2 is 2.14 bits per heavy atom. The predicted octanol–water partition coefficient (Wildman–Crippen LogP) is 4.52. The third kappa shape index (κ3) is 4.23. The highest BCUT2D eigenvalue weighted by molar-refractivity contribution is 7.91. The van der Waals surface area contributed by atoms with Crippen LogP contribution in [0, 0.1) is 5.92 Å². The smallest absolute Gasteiger partial charge is 0.252 e. The van der Waals surface area contributed by atoms with Crippen LogP contribution in [0.15, 0.2) is 39.9 Å². The first-order chi connectivity index (χ1) is 13.8. The molecule has 0 radical (unpaired) electrons. The molecular weight excluding hydrogens is 426 g/mol. The summed E-state index contributed by atoms with van der Waals surface area (Å²) in [6.45, 7) is 4.94. The van der Waals surface area contributed by atoms with Gasteiger partial charge in [-0.15, -0.1) is 11.3 Å². The second kappa shape index (κ2) is 8.14. The van der Waals surface area contributed by atoms with E-state index in [0.29, 0.717) is 34.6 Å². The maximum atomic E-state index is 12.8. The summed E-state index contributed by atoms with van der Waals surface area (Å²) in [6.07, 6.45) is 1.34. The summed E-state index contributed by atoms with van der Waals surface area (Å²) in [5.74, 6) is -0.117. The number of benzene rings is 1. The molecule has 0 bridgehead atoms. The number of carbonyl (C=O) groups excluding carboxylic acids is 1. The number of sulfonamides is 1. The van der Waals surface area contributed by atoms with Crippen LogP contribution < -0.4 is 5.32 Å². The molecule has 0 aliphatic carbocycles. The van der Waals surface area contributed by atoms with Crippen LogP contribution >= 0.6 is 22.7 Å². The van der Waals surface area contributed by atoms with Gasteiger partial charge in [0.05, 0.1) is 16.1 Å². The van der Waals surface area contributed by atoms with E-state index in [1.54, 1.807) is 17.5 Å². The number of rotatable bonds is 5. The molecular formula is C20H23N3O3S3. The highest BCUT2D eigenvalue weighted by Gasteiger charge is 2.34. The van der Waals surface area contributed by atoms with E-state index >= 15 is 0 Å². The fraction of sp³-hybridized carbons (Fsp3) is 0.400. The standard InChI is InChI=1S/C20H23N3O3S3/c1-13(2)14-7-8-16-17(11-14)28-20(21-16)22-19(24)15-5-3-9-23(12-15)29(25,26)18-6-4-10-27-18/h4,6-8,10-11,13,15H,3,5,9,12H2,1-2H3,(H,21,22,24). The topological polar surface area (TPSA) is 79.4 Å². The minimum atomic E-state index is -3.53. The van der Waals surface area contributed by atoms with Crippen molar-refractivity contribution in [3.05, 3.63) is 41.3 Å². The van der Waals surface area contributed by atoms with Gasteiger partial charge in [0.2, 0.25) is 5.91 Å². The molecule has 1 unspecified atom stereocenters. The molecule has 6 nitrogen and oxygen atoms in total. The average molecular weight is 450 g/mol. The van der Waals surface area contributed by atoms with E-state index in [9.17, 15) is 13.2 Å². The van der Waals surface area contributed by atoms with Crippen LogP contribution in [-0.4, -0.2) is 36.7 Å². The SMILES string of the molecule is CC(C)c1ccc2nc(NC(=O)C3CCCN(S(=O)(=O)c4cccs4)C3)sc2c1. The number of nitrogens with one attached hydrogen (secondary N) is 1. The van der Waals surface area contributed by atoms with Gasteiger partial charge in [-0.05, 0) is 47.9 Å². The Morgan fingerprint density at radius 1 is 1.31 bits per heavy atom. The first-order valence-electron chi connectivity index (χ1n) is 9.59. The highest BCUT2D eigenvalue weighted by atomic mass is 32.2. The van der Waals surface area contributed by atoms with Crippen LogP contribution in [0.4, 0.5) is 5.13 Å². The lowest BCUT2D eigenvalue weighted by Crippen LogP contribution is -2.43. The first-order valence-corrected chi connectivity index (χ1v) is 12.7. The molecule has 0 spiro atoms. The summed E-state index contributed by atoms with van der Waals surface area (Å²) < 4.78 is 28.3. The van der Waals surface area contributed by atoms with Gasteiger partial charge in [-0.25, -0.2) is 13.4 Å². The number of fused-ring (bicyclic) bond motifs is 1. The molecule has 29 heavy (non-hydrogen) atoms. The van der Waals surface area contributed by atoms with Crippen molar-refractivity contribution < 1.29 is 13.2 Å². The van der Waals surface area contributed by atoms with Crippen molar-refractivity contribution in [3.8, 4) is 0 Å². The average Bonchev–Trinajstić information content (AvgIpc) is 3.37. The molecule has 1 fully saturated rings. The quantitative estimate of drug-likeness (QED) is 0.621. The lowest BCUT2D eigenvalue weighted by Gasteiger charge is -2.30.